The van der Waals surface area contributed by atoms with Crippen LogP contribution in [0.15, 0.2) is 46.0 Å². The zero-order valence-electron chi connectivity index (χ0n) is 9.79. The van der Waals surface area contributed by atoms with Crippen molar-refractivity contribution in [2.75, 3.05) is 11.8 Å². The summed E-state index contributed by atoms with van der Waals surface area (Å²) in [5, 5.41) is 1.73. The summed E-state index contributed by atoms with van der Waals surface area (Å²) in [6, 6.07) is 10.4. The number of hydrogen-bond acceptors (Lipinski definition) is 4. The predicted octanol–water partition coefficient (Wildman–Crippen LogP) is 2.70. The number of ether oxygens (including phenoxy) is 1. The summed E-state index contributed by atoms with van der Waals surface area (Å²) in [7, 11) is -1.87. The second-order valence-electron chi connectivity index (χ2n) is 3.67. The maximum Gasteiger partial charge on any atom is 0.271 e. The Morgan fingerprint density at radius 1 is 1.28 bits per heavy atom. The Morgan fingerprint density at radius 3 is 2.78 bits per heavy atom. The largest absolute Gasteiger partial charge is 0.380 e. The van der Waals surface area contributed by atoms with Gasteiger partial charge < -0.3 is 4.74 Å². The van der Waals surface area contributed by atoms with E-state index in [9.17, 15) is 8.42 Å². The van der Waals surface area contributed by atoms with E-state index in [1.54, 1.807) is 42.8 Å². The van der Waals surface area contributed by atoms with Crippen molar-refractivity contribution >= 4 is 27.0 Å². The van der Waals surface area contributed by atoms with Gasteiger partial charge in [-0.05, 0) is 29.1 Å². The molecule has 4 nitrogen and oxygen atoms in total. The molecule has 0 spiro atoms. The molecule has 0 radical (unpaired) electrons. The molecule has 0 saturated heterocycles. The zero-order valence-corrected chi connectivity index (χ0v) is 11.4. The van der Waals surface area contributed by atoms with Gasteiger partial charge in [0.15, 0.2) is 0 Å². The maximum absolute atomic E-state index is 12.0. The van der Waals surface area contributed by atoms with Crippen LogP contribution in [0, 0.1) is 0 Å². The monoisotopic (exact) mass is 283 g/mol. The second kappa shape index (κ2) is 5.51. The fourth-order valence-corrected chi connectivity index (χ4v) is 3.56. The molecule has 0 fully saturated rings. The Hall–Kier alpha value is -1.37. The van der Waals surface area contributed by atoms with E-state index in [2.05, 4.69) is 4.72 Å². The van der Waals surface area contributed by atoms with Gasteiger partial charge in [-0.2, -0.15) is 0 Å². The maximum atomic E-state index is 12.0. The van der Waals surface area contributed by atoms with Crippen molar-refractivity contribution in [3.05, 3.63) is 47.3 Å². The van der Waals surface area contributed by atoms with Crippen molar-refractivity contribution in [3.8, 4) is 0 Å². The van der Waals surface area contributed by atoms with E-state index in [0.717, 1.165) is 5.56 Å². The van der Waals surface area contributed by atoms with E-state index in [4.69, 9.17) is 4.74 Å². The Bertz CT molecular complexity index is 606. The molecule has 0 unspecified atom stereocenters. The van der Waals surface area contributed by atoms with Crippen molar-refractivity contribution in [2.45, 2.75) is 10.8 Å². The zero-order chi connectivity index (χ0) is 13.0. The van der Waals surface area contributed by atoms with Gasteiger partial charge in [-0.3, -0.25) is 4.72 Å². The van der Waals surface area contributed by atoms with Crippen LogP contribution >= 0.6 is 11.3 Å². The van der Waals surface area contributed by atoms with Gasteiger partial charge in [0.1, 0.15) is 4.21 Å². The molecule has 1 aromatic carbocycles. The van der Waals surface area contributed by atoms with Gasteiger partial charge in [-0.15, -0.1) is 11.3 Å². The number of nitrogens with one attached hydrogen (secondary N) is 1. The number of hydrogen-bond donors (Lipinski definition) is 1. The van der Waals surface area contributed by atoms with Crippen LogP contribution in [0.1, 0.15) is 5.56 Å². The Labute approximate surface area is 110 Å². The summed E-state index contributed by atoms with van der Waals surface area (Å²) in [4.78, 5) is 0. The Kier molecular flexibility index (Phi) is 4.00. The molecule has 0 aliphatic heterocycles. The van der Waals surface area contributed by atoms with E-state index in [-0.39, 0.29) is 0 Å². The van der Waals surface area contributed by atoms with Crippen molar-refractivity contribution in [1.82, 2.24) is 0 Å². The number of methoxy groups -OCH3 is 1. The van der Waals surface area contributed by atoms with Crippen LogP contribution < -0.4 is 4.72 Å². The molecule has 0 saturated carbocycles. The number of anilines is 1. The third kappa shape index (κ3) is 3.10. The quantitative estimate of drug-likeness (QED) is 0.918. The van der Waals surface area contributed by atoms with Crippen LogP contribution in [-0.2, 0) is 21.4 Å². The molecule has 96 valence electrons. The van der Waals surface area contributed by atoms with Gasteiger partial charge in [0.05, 0.1) is 6.61 Å². The summed E-state index contributed by atoms with van der Waals surface area (Å²) in [6.07, 6.45) is 0. The summed E-state index contributed by atoms with van der Waals surface area (Å²) in [6.45, 7) is 0.453. The van der Waals surface area contributed by atoms with Crippen molar-refractivity contribution < 1.29 is 13.2 Å². The first-order chi connectivity index (χ1) is 8.62. The fourth-order valence-electron chi connectivity index (χ4n) is 1.51. The number of sulfonamides is 1. The van der Waals surface area contributed by atoms with Crippen LogP contribution in [0.2, 0.25) is 0 Å². The van der Waals surface area contributed by atoms with E-state index >= 15 is 0 Å². The molecule has 0 aliphatic carbocycles. The van der Waals surface area contributed by atoms with Crippen LogP contribution in [0.5, 0.6) is 0 Å². The highest BCUT2D eigenvalue weighted by molar-refractivity contribution is 7.94. The van der Waals surface area contributed by atoms with Crippen LogP contribution in [0.25, 0.3) is 0 Å². The van der Waals surface area contributed by atoms with Crippen LogP contribution in [0.3, 0.4) is 0 Å². The minimum atomic E-state index is -3.47. The van der Waals surface area contributed by atoms with Crippen molar-refractivity contribution in [1.29, 1.82) is 0 Å². The molecule has 2 rings (SSSR count). The first kappa shape index (κ1) is 13.1. The van der Waals surface area contributed by atoms with Gasteiger partial charge in [-0.1, -0.05) is 18.2 Å². The van der Waals surface area contributed by atoms with E-state index in [1.807, 2.05) is 6.07 Å². The van der Waals surface area contributed by atoms with Gasteiger partial charge >= 0.3 is 0 Å². The molecule has 18 heavy (non-hydrogen) atoms. The first-order valence-corrected chi connectivity index (χ1v) is 7.62. The minimum Gasteiger partial charge on any atom is -0.380 e. The number of rotatable bonds is 5. The lowest BCUT2D eigenvalue weighted by molar-refractivity contribution is 0.185. The smallest absolute Gasteiger partial charge is 0.271 e. The van der Waals surface area contributed by atoms with Gasteiger partial charge in [0.25, 0.3) is 10.0 Å². The lowest BCUT2D eigenvalue weighted by Gasteiger charge is -2.07. The lowest BCUT2D eigenvalue weighted by atomic mass is 10.2. The molecule has 0 amide bonds. The standard InChI is InChI=1S/C12H13NO3S2/c1-16-9-10-4-2-5-11(8-10)13-18(14,15)12-6-3-7-17-12/h2-8,13H,9H2,1H3. The van der Waals surface area contributed by atoms with E-state index in [0.29, 0.717) is 16.5 Å². The fraction of sp³-hybridized carbons (Fsp3) is 0.167. The molecule has 1 heterocycles. The van der Waals surface area contributed by atoms with E-state index < -0.39 is 10.0 Å². The topological polar surface area (TPSA) is 55.4 Å². The average molecular weight is 283 g/mol. The molecular weight excluding hydrogens is 270 g/mol. The highest BCUT2D eigenvalue weighted by Gasteiger charge is 2.14. The predicted molar refractivity (Wildman–Crippen MR) is 72.3 cm³/mol. The third-order valence-electron chi connectivity index (χ3n) is 2.25. The highest BCUT2D eigenvalue weighted by Crippen LogP contribution is 2.20. The second-order valence-corrected chi connectivity index (χ2v) is 6.53. The molecule has 6 heteroatoms. The van der Waals surface area contributed by atoms with Crippen molar-refractivity contribution in [2.24, 2.45) is 0 Å². The minimum absolute atomic E-state index is 0.305. The Balaban J connectivity index is 2.21. The summed E-state index contributed by atoms with van der Waals surface area (Å²) >= 11 is 1.19. The Morgan fingerprint density at radius 2 is 2.11 bits per heavy atom. The molecule has 0 aliphatic rings. The first-order valence-electron chi connectivity index (χ1n) is 5.26. The molecule has 0 atom stereocenters. The number of benzene rings is 1. The van der Waals surface area contributed by atoms with Crippen molar-refractivity contribution in [3.63, 3.8) is 0 Å². The molecule has 2 aromatic rings. The van der Waals surface area contributed by atoms with Gasteiger partial charge in [-0.25, -0.2) is 8.42 Å². The SMILES string of the molecule is COCc1cccc(NS(=O)(=O)c2cccs2)c1. The molecule has 1 aromatic heterocycles. The molecule has 0 bridgehead atoms. The molecular formula is C12H13NO3S2. The summed E-state index contributed by atoms with van der Waals surface area (Å²) in [5.41, 5.74) is 1.46. The highest BCUT2D eigenvalue weighted by atomic mass is 32.2. The normalized spacial score (nSPS) is 11.4. The van der Waals surface area contributed by atoms with Crippen LogP contribution in [-0.4, -0.2) is 15.5 Å². The van der Waals surface area contributed by atoms with Gasteiger partial charge in [0, 0.05) is 12.8 Å². The summed E-state index contributed by atoms with van der Waals surface area (Å²) < 4.78 is 31.9. The van der Waals surface area contributed by atoms with Gasteiger partial charge in [0.2, 0.25) is 0 Å². The lowest BCUT2D eigenvalue weighted by Crippen LogP contribution is -2.11. The summed E-state index contributed by atoms with van der Waals surface area (Å²) in [5.74, 6) is 0. The van der Waals surface area contributed by atoms with Crippen LogP contribution in [0.4, 0.5) is 5.69 Å². The average Bonchev–Trinajstić information content (AvgIpc) is 2.83. The number of thiophene rings is 1. The third-order valence-corrected chi connectivity index (χ3v) is 5.03. The molecule has 1 N–H and O–H groups in total. The van der Waals surface area contributed by atoms with E-state index in [1.165, 1.54) is 11.3 Å².